The molecular formula is C8H8N2O4S. The van der Waals surface area contributed by atoms with Crippen LogP contribution in [0.5, 0.6) is 0 Å². The molecule has 0 aliphatic carbocycles. The first kappa shape index (κ1) is 9.94. The van der Waals surface area contributed by atoms with Crippen LogP contribution in [0.3, 0.4) is 0 Å². The average Bonchev–Trinajstić information content (AvgIpc) is 2.56. The third-order valence-corrected chi connectivity index (χ3v) is 3.38. The predicted molar refractivity (Wildman–Crippen MR) is 53.1 cm³/mol. The number of hydrogen-bond acceptors (Lipinski definition) is 4. The Bertz CT molecular complexity index is 653. The van der Waals surface area contributed by atoms with E-state index in [0.717, 1.165) is 0 Å². The van der Waals surface area contributed by atoms with Gasteiger partial charge in [0.25, 0.3) is 0 Å². The summed E-state index contributed by atoms with van der Waals surface area (Å²) in [5.41, 5.74) is 0.686. The Morgan fingerprint density at radius 3 is 2.80 bits per heavy atom. The van der Waals surface area contributed by atoms with Crippen molar-refractivity contribution < 1.29 is 12.8 Å². The molecule has 2 aromatic rings. The highest BCUT2D eigenvalue weighted by molar-refractivity contribution is 7.89. The smallest absolute Gasteiger partial charge is 0.408 e. The second kappa shape index (κ2) is 3.21. The first-order chi connectivity index (χ1) is 7.03. The average molecular weight is 228 g/mol. The summed E-state index contributed by atoms with van der Waals surface area (Å²) in [7, 11) is -2.19. The van der Waals surface area contributed by atoms with E-state index < -0.39 is 15.8 Å². The molecule has 0 saturated heterocycles. The molecule has 1 aromatic heterocycles. The molecule has 1 aromatic carbocycles. The SMILES string of the molecule is CNS(=O)(=O)c1ccc2[nH]c(=O)oc2c1. The second-order valence-electron chi connectivity index (χ2n) is 2.88. The van der Waals surface area contributed by atoms with E-state index in [1.807, 2.05) is 0 Å². The van der Waals surface area contributed by atoms with Crippen molar-refractivity contribution >= 4 is 21.1 Å². The lowest BCUT2D eigenvalue weighted by molar-refractivity contribution is 0.553. The topological polar surface area (TPSA) is 92.2 Å². The molecule has 2 rings (SSSR count). The van der Waals surface area contributed by atoms with E-state index in [0.29, 0.717) is 5.52 Å². The highest BCUT2D eigenvalue weighted by Crippen LogP contribution is 2.15. The summed E-state index contributed by atoms with van der Waals surface area (Å²) in [6.45, 7) is 0. The van der Waals surface area contributed by atoms with Crippen LogP contribution >= 0.6 is 0 Å². The molecule has 0 saturated carbocycles. The van der Waals surface area contributed by atoms with Crippen LogP contribution in [0.2, 0.25) is 0 Å². The van der Waals surface area contributed by atoms with Crippen molar-refractivity contribution in [1.29, 1.82) is 0 Å². The number of fused-ring (bicyclic) bond motifs is 1. The monoisotopic (exact) mass is 228 g/mol. The molecule has 0 spiro atoms. The van der Waals surface area contributed by atoms with E-state index in [-0.39, 0.29) is 10.5 Å². The first-order valence-corrected chi connectivity index (χ1v) is 5.58. The number of aromatic nitrogens is 1. The molecular weight excluding hydrogens is 220 g/mol. The van der Waals surface area contributed by atoms with Gasteiger partial charge >= 0.3 is 5.76 Å². The van der Waals surface area contributed by atoms with Gasteiger partial charge in [0.1, 0.15) is 0 Å². The Morgan fingerprint density at radius 2 is 2.13 bits per heavy atom. The predicted octanol–water partition coefficient (Wildman–Crippen LogP) is 0.0292. The normalized spacial score (nSPS) is 12.1. The van der Waals surface area contributed by atoms with Gasteiger partial charge in [0.2, 0.25) is 10.0 Å². The van der Waals surface area contributed by atoms with Crippen molar-refractivity contribution in [3.63, 3.8) is 0 Å². The minimum absolute atomic E-state index is 0.0558. The molecule has 6 nitrogen and oxygen atoms in total. The lowest BCUT2D eigenvalue weighted by Gasteiger charge is -2.00. The maximum Gasteiger partial charge on any atom is 0.417 e. The van der Waals surface area contributed by atoms with Crippen molar-refractivity contribution in [3.05, 3.63) is 28.7 Å². The molecule has 7 heteroatoms. The van der Waals surface area contributed by atoms with Crippen LogP contribution in [0.15, 0.2) is 32.3 Å². The van der Waals surface area contributed by atoms with Gasteiger partial charge in [-0.25, -0.2) is 17.9 Å². The van der Waals surface area contributed by atoms with Crippen LogP contribution in [0.4, 0.5) is 0 Å². The van der Waals surface area contributed by atoms with Crippen LogP contribution < -0.4 is 10.5 Å². The van der Waals surface area contributed by atoms with Gasteiger partial charge in [0.15, 0.2) is 5.58 Å². The molecule has 0 amide bonds. The maximum atomic E-state index is 11.4. The molecule has 2 N–H and O–H groups in total. The van der Waals surface area contributed by atoms with Gasteiger partial charge in [0, 0.05) is 6.07 Å². The van der Waals surface area contributed by atoms with Crippen molar-refractivity contribution in [2.24, 2.45) is 0 Å². The molecule has 15 heavy (non-hydrogen) atoms. The van der Waals surface area contributed by atoms with Crippen LogP contribution in [0, 0.1) is 0 Å². The van der Waals surface area contributed by atoms with E-state index in [1.54, 1.807) is 0 Å². The van der Waals surface area contributed by atoms with E-state index in [1.165, 1.54) is 25.2 Å². The van der Waals surface area contributed by atoms with Gasteiger partial charge in [-0.1, -0.05) is 0 Å². The fourth-order valence-electron chi connectivity index (χ4n) is 1.21. The highest BCUT2D eigenvalue weighted by Gasteiger charge is 2.13. The number of oxazole rings is 1. The first-order valence-electron chi connectivity index (χ1n) is 4.09. The number of benzene rings is 1. The molecule has 1 heterocycles. The van der Waals surface area contributed by atoms with Crippen LogP contribution in [-0.2, 0) is 10.0 Å². The quantitative estimate of drug-likeness (QED) is 0.758. The van der Waals surface area contributed by atoms with E-state index >= 15 is 0 Å². The summed E-state index contributed by atoms with van der Waals surface area (Å²) >= 11 is 0. The number of hydrogen-bond donors (Lipinski definition) is 2. The van der Waals surface area contributed by atoms with Crippen LogP contribution in [-0.4, -0.2) is 20.4 Å². The molecule has 0 bridgehead atoms. The van der Waals surface area contributed by atoms with Gasteiger partial charge < -0.3 is 4.42 Å². The number of aromatic amines is 1. The number of nitrogens with one attached hydrogen (secondary N) is 2. The molecule has 0 aliphatic rings. The Balaban J connectivity index is 2.71. The summed E-state index contributed by atoms with van der Waals surface area (Å²) in [5.74, 6) is -0.607. The van der Waals surface area contributed by atoms with Crippen molar-refractivity contribution in [3.8, 4) is 0 Å². The van der Waals surface area contributed by atoms with Gasteiger partial charge in [-0.05, 0) is 19.2 Å². The third kappa shape index (κ3) is 1.66. The second-order valence-corrected chi connectivity index (χ2v) is 4.77. The Hall–Kier alpha value is -1.60. The Labute approximate surface area is 85.0 Å². The van der Waals surface area contributed by atoms with Crippen molar-refractivity contribution in [2.45, 2.75) is 4.90 Å². The van der Waals surface area contributed by atoms with Crippen molar-refractivity contribution in [2.75, 3.05) is 7.05 Å². The fourth-order valence-corrected chi connectivity index (χ4v) is 1.96. The Kier molecular flexibility index (Phi) is 2.13. The number of sulfonamides is 1. The summed E-state index contributed by atoms with van der Waals surface area (Å²) in [6, 6.07) is 4.16. The zero-order chi connectivity index (χ0) is 11.1. The molecule has 0 radical (unpaired) electrons. The largest absolute Gasteiger partial charge is 0.417 e. The molecule has 0 atom stereocenters. The summed E-state index contributed by atoms with van der Waals surface area (Å²) < 4.78 is 29.7. The van der Waals surface area contributed by atoms with Gasteiger partial charge in [-0.2, -0.15) is 0 Å². The molecule has 80 valence electrons. The summed E-state index contributed by atoms with van der Waals surface area (Å²) in [5, 5.41) is 0. The highest BCUT2D eigenvalue weighted by atomic mass is 32.2. The fraction of sp³-hybridized carbons (Fsp3) is 0.125. The summed E-state index contributed by atoms with van der Waals surface area (Å²) in [4.78, 5) is 13.3. The zero-order valence-corrected chi connectivity index (χ0v) is 8.59. The van der Waals surface area contributed by atoms with Crippen LogP contribution in [0.1, 0.15) is 0 Å². The van der Waals surface area contributed by atoms with E-state index in [2.05, 4.69) is 9.71 Å². The Morgan fingerprint density at radius 1 is 1.40 bits per heavy atom. The lowest BCUT2D eigenvalue weighted by Crippen LogP contribution is -2.18. The summed E-state index contributed by atoms with van der Waals surface area (Å²) in [6.07, 6.45) is 0. The third-order valence-electron chi connectivity index (χ3n) is 1.97. The number of H-pyrrole nitrogens is 1. The van der Waals surface area contributed by atoms with Crippen molar-refractivity contribution in [1.82, 2.24) is 9.71 Å². The van der Waals surface area contributed by atoms with E-state index in [9.17, 15) is 13.2 Å². The minimum atomic E-state index is -3.51. The van der Waals surface area contributed by atoms with E-state index in [4.69, 9.17) is 4.42 Å². The minimum Gasteiger partial charge on any atom is -0.408 e. The zero-order valence-electron chi connectivity index (χ0n) is 7.77. The van der Waals surface area contributed by atoms with Crippen LogP contribution in [0.25, 0.3) is 11.1 Å². The maximum absolute atomic E-state index is 11.4. The lowest BCUT2D eigenvalue weighted by atomic mass is 10.3. The molecule has 0 aliphatic heterocycles. The standard InChI is InChI=1S/C8H8N2O4S/c1-9-15(12,13)5-2-3-6-7(4-5)14-8(11)10-6/h2-4,9H,1H3,(H,10,11). The number of rotatable bonds is 2. The van der Waals surface area contributed by atoms with Gasteiger partial charge in [-0.3, -0.25) is 4.98 Å². The van der Waals surface area contributed by atoms with Gasteiger partial charge in [0.05, 0.1) is 10.4 Å². The van der Waals surface area contributed by atoms with Gasteiger partial charge in [-0.15, -0.1) is 0 Å². The molecule has 0 fully saturated rings. The molecule has 0 unspecified atom stereocenters.